The first-order chi connectivity index (χ1) is 40.0. The highest BCUT2D eigenvalue weighted by Gasteiger charge is 2.46. The molecular formula is C63H61N10O10+. The fourth-order valence-electron chi connectivity index (χ4n) is 10.3. The van der Waals surface area contributed by atoms with Gasteiger partial charge >= 0.3 is 23.3 Å². The van der Waals surface area contributed by atoms with E-state index in [0.717, 1.165) is 39.5 Å². The summed E-state index contributed by atoms with van der Waals surface area (Å²) < 4.78 is 13.2. The Morgan fingerprint density at radius 1 is 0.578 bits per heavy atom. The second-order valence-electron chi connectivity index (χ2n) is 21.0. The number of carbonyl (C=O) groups is 5. The molecule has 2 aliphatic rings. The zero-order valence-corrected chi connectivity index (χ0v) is 46.0. The maximum Gasteiger partial charge on any atom is 0.372 e. The molecule has 8 aromatic rings. The van der Waals surface area contributed by atoms with Crippen molar-refractivity contribution in [3.63, 3.8) is 0 Å². The molecule has 3 amide bonds. The van der Waals surface area contributed by atoms with Crippen LogP contribution >= 0.6 is 0 Å². The fraction of sp³-hybridized carbons (Fsp3) is 0.206. The molecule has 4 heterocycles. The van der Waals surface area contributed by atoms with Crippen molar-refractivity contribution in [2.75, 3.05) is 52.6 Å². The highest BCUT2D eigenvalue weighted by molar-refractivity contribution is 6.07. The number of hydrogen-bond acceptors (Lipinski definition) is 12. The minimum absolute atomic E-state index is 0.101. The number of para-hydroxylation sites is 2. The molecule has 0 bridgehead atoms. The van der Waals surface area contributed by atoms with E-state index < -0.39 is 22.8 Å². The van der Waals surface area contributed by atoms with E-state index in [9.17, 15) is 33.6 Å². The minimum Gasteiger partial charge on any atom is -0.464 e. The number of ether oxygens (including phenoxy) is 2. The molecule has 20 heteroatoms. The number of allylic oxidation sites excluding steroid dienone is 6. The van der Waals surface area contributed by atoms with Crippen LogP contribution in [0.3, 0.4) is 0 Å². The SMILES string of the molecule is CC1(C)C(=CC=CC=CC2=[N+](CC(=O)OCCC(=O)Nc3ccc4[nH]c(=O)[nH]c4c3)c3ccc(C(=O)Nc4ccccc4)cc3C2(C)C)N(CC(=O)OCCC(=O)Nc2ccc3[nH]c(=O)[nH]c3c2)c2ccc(CONc3ccccc3)cc21. The van der Waals surface area contributed by atoms with Crippen LogP contribution in [0, 0.1) is 0 Å². The lowest BCUT2D eigenvalue weighted by Crippen LogP contribution is -2.32. The molecular weight excluding hydrogens is 1060 g/mol. The normalized spacial score (nSPS) is 14.6. The number of esters is 2. The molecule has 2 aromatic heterocycles. The van der Waals surface area contributed by atoms with Crippen LogP contribution in [-0.2, 0) is 50.9 Å². The zero-order valence-electron chi connectivity index (χ0n) is 46.0. The van der Waals surface area contributed by atoms with Crippen molar-refractivity contribution >= 4 is 91.6 Å². The first-order valence-electron chi connectivity index (χ1n) is 26.9. The van der Waals surface area contributed by atoms with Gasteiger partial charge in [0.15, 0.2) is 5.71 Å². The average Bonchev–Trinajstić information content (AvgIpc) is 2.63. The number of imidazole rings is 2. The first-order valence-corrected chi connectivity index (χ1v) is 26.9. The van der Waals surface area contributed by atoms with Gasteiger partial charge in [0.25, 0.3) is 5.91 Å². The molecule has 0 atom stereocenters. The van der Waals surface area contributed by atoms with E-state index in [-0.39, 0.29) is 74.9 Å². The summed E-state index contributed by atoms with van der Waals surface area (Å²) in [4.78, 5) is 109. The predicted molar refractivity (Wildman–Crippen MR) is 318 cm³/mol. The summed E-state index contributed by atoms with van der Waals surface area (Å²) in [7, 11) is 0. The van der Waals surface area contributed by atoms with Gasteiger partial charge in [-0.3, -0.25) is 29.5 Å². The molecule has 0 aliphatic carbocycles. The highest BCUT2D eigenvalue weighted by Crippen LogP contribution is 2.48. The lowest BCUT2D eigenvalue weighted by Gasteiger charge is -2.26. The number of aromatic amines is 4. The molecule has 0 saturated carbocycles. The molecule has 0 unspecified atom stereocenters. The number of nitrogens with zero attached hydrogens (tertiary/aromatic N) is 2. The topological polar surface area (TPSA) is 265 Å². The Labute approximate surface area is 475 Å². The Bertz CT molecular complexity index is 4050. The molecule has 0 radical (unpaired) electrons. The molecule has 2 aliphatic heterocycles. The number of aromatic nitrogens is 4. The van der Waals surface area contributed by atoms with Crippen molar-refractivity contribution in [1.82, 2.24) is 19.9 Å². The predicted octanol–water partition coefficient (Wildman–Crippen LogP) is 9.14. The molecule has 10 rings (SSSR count). The van der Waals surface area contributed by atoms with Crippen LogP contribution in [-0.4, -0.2) is 86.2 Å². The van der Waals surface area contributed by atoms with E-state index in [1.165, 1.54) is 0 Å². The van der Waals surface area contributed by atoms with Gasteiger partial charge in [-0.05, 0) is 110 Å². The van der Waals surface area contributed by atoms with E-state index in [1.54, 1.807) is 54.6 Å². The Morgan fingerprint density at radius 3 is 1.82 bits per heavy atom. The van der Waals surface area contributed by atoms with Crippen molar-refractivity contribution < 1.29 is 42.9 Å². The lowest BCUT2D eigenvalue weighted by molar-refractivity contribution is -0.428. The number of benzene rings is 6. The molecule has 8 N–H and O–H groups in total. The third kappa shape index (κ3) is 13.0. The largest absolute Gasteiger partial charge is 0.464 e. The van der Waals surface area contributed by atoms with E-state index in [4.69, 9.17) is 14.3 Å². The molecule has 0 fully saturated rings. The quantitative estimate of drug-likeness (QED) is 0.0145. The minimum atomic E-state index is -0.727. The molecule has 422 valence electrons. The summed E-state index contributed by atoms with van der Waals surface area (Å²) in [6.45, 7) is 7.71. The van der Waals surface area contributed by atoms with Crippen molar-refractivity contribution in [2.24, 2.45) is 0 Å². The van der Waals surface area contributed by atoms with Gasteiger partial charge in [0.05, 0.1) is 52.6 Å². The third-order valence-corrected chi connectivity index (χ3v) is 14.4. The molecule has 20 nitrogen and oxygen atoms in total. The summed E-state index contributed by atoms with van der Waals surface area (Å²) >= 11 is 0. The van der Waals surface area contributed by atoms with Gasteiger partial charge in [-0.2, -0.15) is 4.58 Å². The lowest BCUT2D eigenvalue weighted by atomic mass is 9.80. The van der Waals surface area contributed by atoms with Crippen LogP contribution in [0.25, 0.3) is 22.1 Å². The summed E-state index contributed by atoms with van der Waals surface area (Å²) in [5.41, 5.74) is 11.7. The van der Waals surface area contributed by atoms with Crippen LogP contribution in [0.5, 0.6) is 0 Å². The van der Waals surface area contributed by atoms with Crippen molar-refractivity contribution in [3.8, 4) is 0 Å². The standard InChI is InChI=1S/C63H60N10O10/c1-62(2)45-32-39(38-83-71-42-16-10-6-11-17-42)20-26-51(45)72(36-57(76)81-30-28-55(74)64-43-22-24-47-49(34-43)69-60(79)67-47)53(62)18-12-7-13-19-54-63(3,4)46-33-40(59(78)66-41-14-8-5-9-15-41)21-27-52(46)73(54)37-58(77)82-31-29-56(75)65-44-23-25-48-50(35-44)70-61(80)68-48/h5-27,32-35,71H,28-31,36-38H2,1-4H3,(H6-,64,65,66,67,68,69,70,74,75,78,79,80)/p+1. The molecule has 0 saturated heterocycles. The first kappa shape index (κ1) is 56.0. The highest BCUT2D eigenvalue weighted by atomic mass is 16.6. The van der Waals surface area contributed by atoms with Crippen molar-refractivity contribution in [2.45, 2.75) is 58.0 Å². The summed E-state index contributed by atoms with van der Waals surface area (Å²) in [5, 5.41) is 8.51. The third-order valence-electron chi connectivity index (χ3n) is 14.4. The molecule has 6 aromatic carbocycles. The number of nitrogens with one attached hydrogen (secondary N) is 8. The van der Waals surface area contributed by atoms with Gasteiger partial charge in [0, 0.05) is 57.1 Å². The Kier molecular flexibility index (Phi) is 16.3. The van der Waals surface area contributed by atoms with Gasteiger partial charge in [-0.15, -0.1) is 0 Å². The monoisotopic (exact) mass is 1120 g/mol. The van der Waals surface area contributed by atoms with E-state index in [1.807, 2.05) is 126 Å². The van der Waals surface area contributed by atoms with Gasteiger partial charge in [0.2, 0.25) is 24.0 Å². The maximum atomic E-state index is 13.7. The average molecular weight is 1120 g/mol. The van der Waals surface area contributed by atoms with Crippen LogP contribution in [0.4, 0.5) is 34.1 Å². The number of carbonyl (C=O) groups excluding carboxylic acids is 5. The second kappa shape index (κ2) is 24.2. The Hall–Kier alpha value is -10.3. The maximum absolute atomic E-state index is 13.7. The van der Waals surface area contributed by atoms with Crippen LogP contribution in [0.2, 0.25) is 0 Å². The molecule has 83 heavy (non-hydrogen) atoms. The van der Waals surface area contributed by atoms with Crippen LogP contribution in [0.15, 0.2) is 179 Å². The van der Waals surface area contributed by atoms with Gasteiger partial charge in [0.1, 0.15) is 19.8 Å². The smallest absolute Gasteiger partial charge is 0.372 e. The zero-order chi connectivity index (χ0) is 58.3. The van der Waals surface area contributed by atoms with Crippen LogP contribution in [0.1, 0.15) is 67.6 Å². The number of rotatable bonds is 21. The Balaban J connectivity index is 0.864. The number of anilines is 5. The number of hydrogen-bond donors (Lipinski definition) is 8. The Morgan fingerprint density at radius 2 is 1.18 bits per heavy atom. The van der Waals surface area contributed by atoms with Gasteiger partial charge < -0.3 is 50.3 Å². The summed E-state index contributed by atoms with van der Waals surface area (Å²) in [6, 6.07) is 40.0. The van der Waals surface area contributed by atoms with Crippen LogP contribution < -0.4 is 37.7 Å². The number of fused-ring (bicyclic) bond motifs is 4. The fourth-order valence-corrected chi connectivity index (χ4v) is 10.3. The number of amides is 3. The van der Waals surface area contributed by atoms with E-state index >= 15 is 0 Å². The van der Waals surface area contributed by atoms with Crippen molar-refractivity contribution in [3.05, 3.63) is 213 Å². The molecule has 0 spiro atoms. The van der Waals surface area contributed by atoms with E-state index in [2.05, 4.69) is 61.3 Å². The van der Waals surface area contributed by atoms with Gasteiger partial charge in [-0.25, -0.2) is 14.4 Å². The van der Waals surface area contributed by atoms with E-state index in [0.29, 0.717) is 50.4 Å². The second-order valence-corrected chi connectivity index (χ2v) is 21.0. The summed E-state index contributed by atoms with van der Waals surface area (Å²) in [6.07, 6.45) is 9.21. The van der Waals surface area contributed by atoms with Crippen molar-refractivity contribution in [1.29, 1.82) is 0 Å². The summed E-state index contributed by atoms with van der Waals surface area (Å²) in [5.74, 6) is -2.18. The van der Waals surface area contributed by atoms with Gasteiger partial charge in [-0.1, -0.05) is 80.6 Å². The number of H-pyrrole nitrogens is 4.